The van der Waals surface area contributed by atoms with E-state index < -0.39 is 12.0 Å². The highest BCUT2D eigenvalue weighted by molar-refractivity contribution is 7.12. The third-order valence-electron chi connectivity index (χ3n) is 3.31. The maximum Gasteiger partial charge on any atom is 0.330 e. The molecule has 0 spiro atoms. The topological polar surface area (TPSA) is 75.6 Å². The number of amides is 1. The summed E-state index contributed by atoms with van der Waals surface area (Å²) in [5.74, 6) is -0.839. The first-order chi connectivity index (χ1) is 10.6. The summed E-state index contributed by atoms with van der Waals surface area (Å²) in [6.07, 6.45) is 0.729. The van der Waals surface area contributed by atoms with Crippen molar-refractivity contribution in [1.29, 1.82) is 0 Å². The van der Waals surface area contributed by atoms with Gasteiger partial charge in [0.15, 0.2) is 6.04 Å². The van der Waals surface area contributed by atoms with Crippen molar-refractivity contribution >= 4 is 23.2 Å². The van der Waals surface area contributed by atoms with E-state index in [1.807, 2.05) is 18.4 Å². The number of carbonyl (C=O) groups excluding carboxylic acids is 1. The third kappa shape index (κ3) is 3.46. The number of aliphatic carboxylic acids is 1. The number of ether oxygens (including phenoxy) is 1. The van der Waals surface area contributed by atoms with Crippen LogP contribution in [0.25, 0.3) is 0 Å². The van der Waals surface area contributed by atoms with E-state index in [4.69, 9.17) is 4.74 Å². The molecule has 2 aromatic rings. The van der Waals surface area contributed by atoms with Crippen molar-refractivity contribution in [1.82, 2.24) is 5.32 Å². The minimum absolute atomic E-state index is 0.366. The highest BCUT2D eigenvalue weighted by atomic mass is 32.1. The third-order valence-corrected chi connectivity index (χ3v) is 4.26. The minimum atomic E-state index is -1.10. The van der Waals surface area contributed by atoms with E-state index in [2.05, 4.69) is 5.32 Å². The quantitative estimate of drug-likeness (QED) is 0.858. The van der Waals surface area contributed by atoms with Crippen molar-refractivity contribution < 1.29 is 19.4 Å². The molecule has 0 aliphatic carbocycles. The molecule has 2 N–H and O–H groups in total. The Morgan fingerprint density at radius 1 is 1.27 bits per heavy atom. The van der Waals surface area contributed by atoms with Gasteiger partial charge in [-0.15, -0.1) is 11.3 Å². The highest BCUT2D eigenvalue weighted by Gasteiger charge is 2.24. The number of benzene rings is 1. The van der Waals surface area contributed by atoms with Crippen molar-refractivity contribution in [2.45, 2.75) is 19.4 Å². The molecule has 0 aliphatic heterocycles. The van der Waals surface area contributed by atoms with Gasteiger partial charge in [0.2, 0.25) is 0 Å². The van der Waals surface area contributed by atoms with E-state index in [0.29, 0.717) is 16.2 Å². The van der Waals surface area contributed by atoms with Crippen LogP contribution < -0.4 is 10.1 Å². The normalized spacial score (nSPS) is 11.7. The molecule has 0 radical (unpaired) electrons. The van der Waals surface area contributed by atoms with E-state index in [1.165, 1.54) is 18.4 Å². The fraction of sp³-hybridized carbons (Fsp3) is 0.250. The first-order valence-corrected chi connectivity index (χ1v) is 7.68. The van der Waals surface area contributed by atoms with Crippen molar-refractivity contribution in [3.8, 4) is 5.75 Å². The monoisotopic (exact) mass is 319 g/mol. The molecule has 1 aromatic heterocycles. The van der Waals surface area contributed by atoms with Crippen LogP contribution in [-0.2, 0) is 11.2 Å². The number of methoxy groups -OCH3 is 1. The fourth-order valence-corrected chi connectivity index (χ4v) is 2.99. The lowest BCUT2D eigenvalue weighted by molar-refractivity contribution is -0.139. The molecule has 22 heavy (non-hydrogen) atoms. The Morgan fingerprint density at radius 2 is 1.95 bits per heavy atom. The van der Waals surface area contributed by atoms with Crippen molar-refractivity contribution in [3.63, 3.8) is 0 Å². The van der Waals surface area contributed by atoms with Crippen LogP contribution in [0.4, 0.5) is 0 Å². The summed E-state index contributed by atoms with van der Waals surface area (Å²) in [6, 6.07) is 7.38. The Bertz CT molecular complexity index is 663. The summed E-state index contributed by atoms with van der Waals surface area (Å²) < 4.78 is 5.05. The van der Waals surface area contributed by atoms with Crippen LogP contribution in [0.1, 0.15) is 33.8 Å². The molecular formula is C16H17NO4S. The van der Waals surface area contributed by atoms with Crippen LogP contribution in [0, 0.1) is 0 Å². The molecule has 1 heterocycles. The molecular weight excluding hydrogens is 302 g/mol. The van der Waals surface area contributed by atoms with Crippen LogP contribution in [0.3, 0.4) is 0 Å². The first kappa shape index (κ1) is 16.0. The van der Waals surface area contributed by atoms with Crippen molar-refractivity contribution in [2.75, 3.05) is 7.11 Å². The summed E-state index contributed by atoms with van der Waals surface area (Å²) in [4.78, 5) is 24.3. The lowest BCUT2D eigenvalue weighted by atomic mass is 10.1. The summed E-state index contributed by atoms with van der Waals surface area (Å²) >= 11 is 1.31. The molecule has 1 unspecified atom stereocenters. The average molecular weight is 319 g/mol. The molecule has 1 amide bonds. The number of carbonyl (C=O) groups is 2. The van der Waals surface area contributed by atoms with Crippen LogP contribution in [0.2, 0.25) is 0 Å². The van der Waals surface area contributed by atoms with Crippen molar-refractivity contribution in [2.24, 2.45) is 0 Å². The van der Waals surface area contributed by atoms with Gasteiger partial charge in [0.1, 0.15) is 5.75 Å². The van der Waals surface area contributed by atoms with Gasteiger partial charge in [-0.2, -0.15) is 0 Å². The Labute approximate surface area is 132 Å². The summed E-state index contributed by atoms with van der Waals surface area (Å²) in [6.45, 7) is 1.96. The number of hydrogen-bond acceptors (Lipinski definition) is 4. The van der Waals surface area contributed by atoms with Gasteiger partial charge in [-0.3, -0.25) is 4.79 Å². The molecule has 1 atom stereocenters. The lowest BCUT2D eigenvalue weighted by Gasteiger charge is -2.15. The maximum atomic E-state index is 12.3. The first-order valence-electron chi connectivity index (χ1n) is 6.80. The molecule has 1 aromatic carbocycles. The number of carboxylic acid groups (broad SMARTS) is 1. The summed E-state index contributed by atoms with van der Waals surface area (Å²) in [5, 5.41) is 13.8. The van der Waals surface area contributed by atoms with Gasteiger partial charge in [-0.05, 0) is 41.1 Å². The number of carboxylic acids is 1. The van der Waals surface area contributed by atoms with Crippen LogP contribution in [0.15, 0.2) is 35.7 Å². The van der Waals surface area contributed by atoms with Crippen LogP contribution in [-0.4, -0.2) is 24.1 Å². The van der Waals surface area contributed by atoms with Gasteiger partial charge >= 0.3 is 5.97 Å². The second-order valence-corrected chi connectivity index (χ2v) is 5.56. The zero-order chi connectivity index (χ0) is 16.1. The van der Waals surface area contributed by atoms with Gasteiger partial charge < -0.3 is 15.2 Å². The molecule has 6 heteroatoms. The molecule has 0 aliphatic rings. The second kappa shape index (κ2) is 7.09. The van der Waals surface area contributed by atoms with E-state index in [9.17, 15) is 14.7 Å². The van der Waals surface area contributed by atoms with E-state index in [-0.39, 0.29) is 5.91 Å². The number of thiophene rings is 1. The Balaban J connectivity index is 2.21. The molecule has 0 saturated carbocycles. The predicted molar refractivity (Wildman–Crippen MR) is 84.5 cm³/mol. The van der Waals surface area contributed by atoms with Crippen LogP contribution in [0.5, 0.6) is 5.75 Å². The number of aryl methyl sites for hydroxylation is 1. The summed E-state index contributed by atoms with van der Waals surface area (Å²) in [7, 11) is 1.54. The van der Waals surface area contributed by atoms with Gasteiger partial charge in [-0.1, -0.05) is 19.1 Å². The second-order valence-electron chi connectivity index (χ2n) is 4.65. The molecule has 116 valence electrons. The van der Waals surface area contributed by atoms with E-state index in [0.717, 1.165) is 12.0 Å². The molecule has 2 rings (SSSR count). The largest absolute Gasteiger partial charge is 0.497 e. The maximum absolute atomic E-state index is 12.3. The van der Waals surface area contributed by atoms with E-state index >= 15 is 0 Å². The van der Waals surface area contributed by atoms with Gasteiger partial charge in [0.25, 0.3) is 5.91 Å². The van der Waals surface area contributed by atoms with Crippen molar-refractivity contribution in [3.05, 3.63) is 51.7 Å². The summed E-state index contributed by atoms with van der Waals surface area (Å²) in [5.41, 5.74) is 1.41. The van der Waals surface area contributed by atoms with Gasteiger partial charge in [0.05, 0.1) is 12.0 Å². The number of rotatable bonds is 6. The highest BCUT2D eigenvalue weighted by Crippen LogP contribution is 2.21. The Kier molecular flexibility index (Phi) is 5.16. The SMILES string of the molecule is CCc1ccsc1C(=O)NC(C(=O)O)c1ccc(OC)cc1. The van der Waals surface area contributed by atoms with Gasteiger partial charge in [-0.25, -0.2) is 4.79 Å². The zero-order valence-corrected chi connectivity index (χ0v) is 13.1. The molecule has 0 fully saturated rings. The minimum Gasteiger partial charge on any atom is -0.497 e. The number of hydrogen-bond donors (Lipinski definition) is 2. The Hall–Kier alpha value is -2.34. The Morgan fingerprint density at radius 3 is 2.50 bits per heavy atom. The standard InChI is InChI=1S/C16H17NO4S/c1-3-10-8-9-22-14(10)15(18)17-13(16(19)20)11-4-6-12(21-2)7-5-11/h4-9,13H,3H2,1-2H3,(H,17,18)(H,19,20). The lowest BCUT2D eigenvalue weighted by Crippen LogP contribution is -2.33. The van der Waals surface area contributed by atoms with E-state index in [1.54, 1.807) is 24.3 Å². The molecule has 5 nitrogen and oxygen atoms in total. The fourth-order valence-electron chi connectivity index (χ4n) is 2.09. The number of nitrogens with one attached hydrogen (secondary N) is 1. The average Bonchev–Trinajstić information content (AvgIpc) is 3.01. The zero-order valence-electron chi connectivity index (χ0n) is 12.3. The molecule has 0 saturated heterocycles. The molecule has 0 bridgehead atoms. The predicted octanol–water partition coefficient (Wildman–Crippen LogP) is 2.87. The van der Waals surface area contributed by atoms with Gasteiger partial charge in [0, 0.05) is 0 Å². The van der Waals surface area contributed by atoms with Crippen LogP contribution >= 0.6 is 11.3 Å². The smallest absolute Gasteiger partial charge is 0.330 e.